The molecule has 0 saturated heterocycles. The summed E-state index contributed by atoms with van der Waals surface area (Å²) < 4.78 is 11.5. The summed E-state index contributed by atoms with van der Waals surface area (Å²) in [5.74, 6) is 0.402. The SMILES string of the molecule is Cc1noc(C)c1NC(=O)N(C)C[C@@H]1Oc2ccc(NC(=O)C3CC3)cc2C(=O)N([C@@H](C)CO)C[C@@H]1C. The minimum atomic E-state index is -0.451. The average molecular weight is 514 g/mol. The summed E-state index contributed by atoms with van der Waals surface area (Å²) in [7, 11) is 1.67. The Morgan fingerprint density at radius 2 is 2.00 bits per heavy atom. The number of carbonyl (C=O) groups excluding carboxylic acids is 3. The zero-order chi connectivity index (χ0) is 26.9. The van der Waals surface area contributed by atoms with Crippen LogP contribution in [0.2, 0.25) is 0 Å². The Morgan fingerprint density at radius 3 is 2.62 bits per heavy atom. The number of aliphatic hydroxyl groups is 1. The zero-order valence-corrected chi connectivity index (χ0v) is 21.9. The largest absolute Gasteiger partial charge is 0.487 e. The van der Waals surface area contributed by atoms with Crippen molar-refractivity contribution in [3.63, 3.8) is 0 Å². The van der Waals surface area contributed by atoms with E-state index in [1.165, 1.54) is 4.90 Å². The predicted octanol–water partition coefficient (Wildman–Crippen LogP) is 3.02. The van der Waals surface area contributed by atoms with E-state index in [0.717, 1.165) is 12.8 Å². The lowest BCUT2D eigenvalue weighted by Gasteiger charge is -2.38. The van der Waals surface area contributed by atoms with Gasteiger partial charge in [-0.05, 0) is 51.8 Å². The summed E-state index contributed by atoms with van der Waals surface area (Å²) in [6.07, 6.45) is 1.29. The van der Waals surface area contributed by atoms with E-state index in [1.807, 2.05) is 6.92 Å². The van der Waals surface area contributed by atoms with Crippen molar-refractivity contribution in [2.75, 3.05) is 37.4 Å². The molecule has 1 aromatic carbocycles. The van der Waals surface area contributed by atoms with Crippen molar-refractivity contribution in [1.82, 2.24) is 15.0 Å². The van der Waals surface area contributed by atoms with E-state index >= 15 is 0 Å². The summed E-state index contributed by atoms with van der Waals surface area (Å²) in [6.45, 7) is 7.57. The normalized spacial score (nSPS) is 20.3. The van der Waals surface area contributed by atoms with Gasteiger partial charge in [0.2, 0.25) is 5.91 Å². The molecule has 1 aromatic heterocycles. The number of aryl methyl sites for hydroxylation is 2. The van der Waals surface area contributed by atoms with Crippen molar-refractivity contribution in [1.29, 1.82) is 0 Å². The van der Waals surface area contributed by atoms with Gasteiger partial charge in [-0.2, -0.15) is 0 Å². The number of aliphatic hydroxyl groups excluding tert-OH is 1. The standard InChI is InChI=1S/C26H35N5O6/c1-14-11-31(15(2)13-32)25(34)20-10-19(27-24(33)18-6-7-18)8-9-21(20)36-22(14)12-30(5)26(35)28-23-16(3)29-37-17(23)4/h8-10,14-15,18,22,32H,6-7,11-13H2,1-5H3,(H,27,33)(H,28,35)/t14-,15-,22-/m0/s1. The van der Waals surface area contributed by atoms with E-state index in [9.17, 15) is 19.5 Å². The Balaban J connectivity index is 1.57. The first-order valence-corrected chi connectivity index (χ1v) is 12.6. The summed E-state index contributed by atoms with van der Waals surface area (Å²) >= 11 is 0. The number of fused-ring (bicyclic) bond motifs is 1. The Hall–Kier alpha value is -3.60. The summed E-state index contributed by atoms with van der Waals surface area (Å²) in [4.78, 5) is 41.9. The van der Waals surface area contributed by atoms with Crippen LogP contribution in [0.3, 0.4) is 0 Å². The number of urea groups is 1. The number of hydrogen-bond acceptors (Lipinski definition) is 7. The van der Waals surface area contributed by atoms with Crippen molar-refractivity contribution >= 4 is 29.2 Å². The van der Waals surface area contributed by atoms with Gasteiger partial charge in [-0.25, -0.2) is 4.79 Å². The first-order chi connectivity index (χ1) is 17.6. The maximum absolute atomic E-state index is 13.5. The molecule has 3 atom stereocenters. The molecule has 0 radical (unpaired) electrons. The molecular weight excluding hydrogens is 478 g/mol. The maximum Gasteiger partial charge on any atom is 0.321 e. The lowest BCUT2D eigenvalue weighted by molar-refractivity contribution is -0.117. The van der Waals surface area contributed by atoms with Gasteiger partial charge in [-0.15, -0.1) is 0 Å². The van der Waals surface area contributed by atoms with Crippen LogP contribution in [0.1, 0.15) is 48.5 Å². The van der Waals surface area contributed by atoms with Gasteiger partial charge in [0, 0.05) is 31.1 Å². The van der Waals surface area contributed by atoms with Crippen molar-refractivity contribution in [2.45, 2.75) is 52.7 Å². The minimum Gasteiger partial charge on any atom is -0.487 e. The molecule has 0 bridgehead atoms. The first kappa shape index (κ1) is 26.5. The maximum atomic E-state index is 13.5. The van der Waals surface area contributed by atoms with Gasteiger partial charge in [-0.1, -0.05) is 12.1 Å². The summed E-state index contributed by atoms with van der Waals surface area (Å²) in [6, 6.07) is 4.24. The molecule has 0 unspecified atom stereocenters. The summed E-state index contributed by atoms with van der Waals surface area (Å²) in [5.41, 5.74) is 1.93. The van der Waals surface area contributed by atoms with Gasteiger partial charge in [-0.3, -0.25) is 9.59 Å². The molecule has 4 amide bonds. The van der Waals surface area contributed by atoms with Crippen LogP contribution in [0.25, 0.3) is 0 Å². The second kappa shape index (κ2) is 10.8. The molecule has 2 heterocycles. The molecule has 2 aromatic rings. The number of nitrogens with zero attached hydrogens (tertiary/aromatic N) is 3. The highest BCUT2D eigenvalue weighted by atomic mass is 16.5. The topological polar surface area (TPSA) is 137 Å². The third-order valence-corrected chi connectivity index (χ3v) is 6.95. The summed E-state index contributed by atoms with van der Waals surface area (Å²) in [5, 5.41) is 19.4. The number of anilines is 2. The number of amides is 4. The number of ether oxygens (including phenoxy) is 1. The van der Waals surface area contributed by atoms with E-state index in [1.54, 1.807) is 50.9 Å². The second-order valence-electron chi connectivity index (χ2n) is 10.1. The second-order valence-corrected chi connectivity index (χ2v) is 10.1. The number of carbonyl (C=O) groups is 3. The van der Waals surface area contributed by atoms with Crippen LogP contribution < -0.4 is 15.4 Å². The van der Waals surface area contributed by atoms with Gasteiger partial charge in [0.15, 0.2) is 5.76 Å². The number of nitrogens with one attached hydrogen (secondary N) is 2. The quantitative estimate of drug-likeness (QED) is 0.517. The van der Waals surface area contributed by atoms with Crippen LogP contribution in [0, 0.1) is 25.7 Å². The Kier molecular flexibility index (Phi) is 7.72. The van der Waals surface area contributed by atoms with Gasteiger partial charge in [0.25, 0.3) is 5.91 Å². The van der Waals surface area contributed by atoms with Gasteiger partial charge in [0.05, 0.1) is 24.8 Å². The van der Waals surface area contributed by atoms with Crippen molar-refractivity contribution in [3.8, 4) is 5.75 Å². The number of rotatable bonds is 7. The van der Waals surface area contributed by atoms with Crippen LogP contribution in [0.5, 0.6) is 5.75 Å². The number of likely N-dealkylation sites (N-methyl/N-ethyl adjacent to an activating group) is 1. The smallest absolute Gasteiger partial charge is 0.321 e. The van der Waals surface area contributed by atoms with Crippen molar-refractivity contribution in [3.05, 3.63) is 35.2 Å². The number of aromatic nitrogens is 1. The highest BCUT2D eigenvalue weighted by Crippen LogP contribution is 2.33. The molecule has 11 heteroatoms. The van der Waals surface area contributed by atoms with E-state index in [2.05, 4.69) is 15.8 Å². The predicted molar refractivity (Wildman–Crippen MR) is 137 cm³/mol. The average Bonchev–Trinajstić information content (AvgIpc) is 3.68. The molecular formula is C26H35N5O6. The minimum absolute atomic E-state index is 0.0252. The van der Waals surface area contributed by atoms with Crippen molar-refractivity contribution < 1.29 is 28.8 Å². The molecule has 1 aliphatic heterocycles. The molecule has 3 N–H and O–H groups in total. The highest BCUT2D eigenvalue weighted by Gasteiger charge is 2.35. The third-order valence-electron chi connectivity index (χ3n) is 6.95. The lowest BCUT2D eigenvalue weighted by Crippen LogP contribution is -2.50. The van der Waals surface area contributed by atoms with Gasteiger partial charge < -0.3 is 34.8 Å². The van der Waals surface area contributed by atoms with Gasteiger partial charge >= 0.3 is 6.03 Å². The monoisotopic (exact) mass is 513 g/mol. The Morgan fingerprint density at radius 1 is 1.27 bits per heavy atom. The Labute approximate surface area is 216 Å². The van der Waals surface area contributed by atoms with E-state index < -0.39 is 12.1 Å². The first-order valence-electron chi connectivity index (χ1n) is 12.6. The molecule has 1 saturated carbocycles. The van der Waals surface area contributed by atoms with Crippen LogP contribution in [-0.4, -0.2) is 76.8 Å². The molecule has 1 aliphatic carbocycles. The number of hydrogen-bond donors (Lipinski definition) is 3. The molecule has 0 spiro atoms. The fourth-order valence-electron chi connectivity index (χ4n) is 4.32. The van der Waals surface area contributed by atoms with E-state index in [-0.39, 0.29) is 42.8 Å². The van der Waals surface area contributed by atoms with E-state index in [4.69, 9.17) is 9.26 Å². The van der Waals surface area contributed by atoms with Crippen LogP contribution in [0.15, 0.2) is 22.7 Å². The molecule has 2 aliphatic rings. The zero-order valence-electron chi connectivity index (χ0n) is 21.9. The third kappa shape index (κ3) is 5.87. The lowest BCUT2D eigenvalue weighted by atomic mass is 9.99. The highest BCUT2D eigenvalue weighted by molar-refractivity contribution is 6.00. The van der Waals surface area contributed by atoms with Gasteiger partial charge in [0.1, 0.15) is 23.2 Å². The van der Waals surface area contributed by atoms with E-state index in [0.29, 0.717) is 40.7 Å². The fraction of sp³-hybridized carbons (Fsp3) is 0.538. The molecule has 11 nitrogen and oxygen atoms in total. The fourth-order valence-corrected chi connectivity index (χ4v) is 4.32. The molecule has 4 rings (SSSR count). The molecule has 37 heavy (non-hydrogen) atoms. The van der Waals surface area contributed by atoms with Crippen LogP contribution in [0.4, 0.5) is 16.2 Å². The van der Waals surface area contributed by atoms with Crippen LogP contribution >= 0.6 is 0 Å². The molecule has 200 valence electrons. The number of benzene rings is 1. The molecule has 1 fully saturated rings. The van der Waals surface area contributed by atoms with Crippen molar-refractivity contribution in [2.24, 2.45) is 11.8 Å². The van der Waals surface area contributed by atoms with Crippen LogP contribution in [-0.2, 0) is 4.79 Å². The Bertz CT molecular complexity index is 1160.